The summed E-state index contributed by atoms with van der Waals surface area (Å²) >= 11 is 0. The molecular formula is C18H22N2O. The first-order chi connectivity index (χ1) is 10.3. The fourth-order valence-corrected chi connectivity index (χ4v) is 3.22. The molecule has 1 heterocycles. The molecule has 2 aromatic rings. The second-order valence-electron chi connectivity index (χ2n) is 5.72. The maximum Gasteiger partial charge on any atom is 0.0757 e. The van der Waals surface area contributed by atoms with E-state index in [-0.39, 0.29) is 6.04 Å². The molecule has 3 rings (SSSR count). The van der Waals surface area contributed by atoms with Crippen LogP contribution in [0.2, 0.25) is 0 Å². The molecule has 0 fully saturated rings. The predicted octanol–water partition coefficient (Wildman–Crippen LogP) is 2.87. The molecule has 0 radical (unpaired) electrons. The summed E-state index contributed by atoms with van der Waals surface area (Å²) in [5.41, 5.74) is 4.04. The summed E-state index contributed by atoms with van der Waals surface area (Å²) in [5.74, 6) is 0. The standard InChI is InChI=1S/C18H22N2O/c1-20(16-11-14-7-3-4-8-15(14)12-16)18(13-21-2)17-9-5-6-10-19-17/h3-10,16,18H,11-13H2,1-2H3. The number of methoxy groups -OCH3 is 1. The van der Waals surface area contributed by atoms with E-state index in [0.717, 1.165) is 18.5 Å². The van der Waals surface area contributed by atoms with Gasteiger partial charge >= 0.3 is 0 Å². The van der Waals surface area contributed by atoms with Gasteiger partial charge in [-0.2, -0.15) is 0 Å². The lowest BCUT2D eigenvalue weighted by atomic mass is 10.1. The van der Waals surface area contributed by atoms with Crippen LogP contribution in [0.1, 0.15) is 22.9 Å². The molecule has 1 unspecified atom stereocenters. The van der Waals surface area contributed by atoms with Crippen molar-refractivity contribution in [3.8, 4) is 0 Å². The number of fused-ring (bicyclic) bond motifs is 1. The zero-order chi connectivity index (χ0) is 14.7. The van der Waals surface area contributed by atoms with E-state index in [2.05, 4.69) is 47.3 Å². The molecule has 1 atom stereocenters. The van der Waals surface area contributed by atoms with E-state index >= 15 is 0 Å². The van der Waals surface area contributed by atoms with Crippen LogP contribution in [0.4, 0.5) is 0 Å². The van der Waals surface area contributed by atoms with E-state index in [1.165, 1.54) is 11.1 Å². The van der Waals surface area contributed by atoms with Gasteiger partial charge in [-0.05, 0) is 43.1 Å². The highest BCUT2D eigenvalue weighted by molar-refractivity contribution is 5.33. The summed E-state index contributed by atoms with van der Waals surface area (Å²) in [6.45, 7) is 0.667. The van der Waals surface area contributed by atoms with E-state index < -0.39 is 0 Å². The molecule has 0 spiro atoms. The molecule has 110 valence electrons. The predicted molar refractivity (Wildman–Crippen MR) is 84.3 cm³/mol. The number of hydrogen-bond acceptors (Lipinski definition) is 3. The Hall–Kier alpha value is -1.71. The highest BCUT2D eigenvalue weighted by Crippen LogP contribution is 2.29. The molecule has 3 nitrogen and oxygen atoms in total. The van der Waals surface area contributed by atoms with Crippen molar-refractivity contribution in [2.75, 3.05) is 20.8 Å². The third kappa shape index (κ3) is 2.99. The van der Waals surface area contributed by atoms with Gasteiger partial charge in [0.25, 0.3) is 0 Å². The molecular weight excluding hydrogens is 260 g/mol. The molecule has 0 saturated carbocycles. The summed E-state index contributed by atoms with van der Waals surface area (Å²) in [5, 5.41) is 0. The number of ether oxygens (including phenoxy) is 1. The first-order valence-electron chi connectivity index (χ1n) is 7.48. The smallest absolute Gasteiger partial charge is 0.0757 e. The molecule has 1 aromatic heterocycles. The van der Waals surface area contributed by atoms with Gasteiger partial charge in [0.1, 0.15) is 0 Å². The minimum atomic E-state index is 0.204. The van der Waals surface area contributed by atoms with Crippen LogP contribution in [0, 0.1) is 0 Å². The molecule has 0 saturated heterocycles. The van der Waals surface area contributed by atoms with Gasteiger partial charge in [-0.3, -0.25) is 9.88 Å². The Bertz CT molecular complexity index is 560. The molecule has 0 N–H and O–H groups in total. The van der Waals surface area contributed by atoms with Crippen LogP contribution in [-0.2, 0) is 17.6 Å². The second-order valence-corrected chi connectivity index (χ2v) is 5.72. The summed E-state index contributed by atoms with van der Waals surface area (Å²) in [6.07, 6.45) is 4.08. The fourth-order valence-electron chi connectivity index (χ4n) is 3.22. The van der Waals surface area contributed by atoms with E-state index in [1.54, 1.807) is 7.11 Å². The maximum absolute atomic E-state index is 5.43. The minimum Gasteiger partial charge on any atom is -0.383 e. The lowest BCUT2D eigenvalue weighted by molar-refractivity contribution is 0.0796. The average Bonchev–Trinajstić information content (AvgIpc) is 2.97. The fraction of sp³-hybridized carbons (Fsp3) is 0.389. The number of rotatable bonds is 5. The number of hydrogen-bond donors (Lipinski definition) is 0. The Balaban J connectivity index is 1.78. The zero-order valence-electron chi connectivity index (χ0n) is 12.7. The monoisotopic (exact) mass is 282 g/mol. The van der Waals surface area contributed by atoms with Crippen LogP contribution in [-0.4, -0.2) is 36.7 Å². The molecule has 1 aliphatic carbocycles. The first-order valence-corrected chi connectivity index (χ1v) is 7.48. The number of likely N-dealkylation sites (N-methyl/N-ethyl adjacent to an activating group) is 1. The SMILES string of the molecule is COCC(c1ccccn1)N(C)C1Cc2ccccc2C1. The van der Waals surface area contributed by atoms with Gasteiger partial charge < -0.3 is 4.74 Å². The van der Waals surface area contributed by atoms with Crippen LogP contribution >= 0.6 is 0 Å². The van der Waals surface area contributed by atoms with Gasteiger partial charge in [0, 0.05) is 19.3 Å². The number of aromatic nitrogens is 1. The van der Waals surface area contributed by atoms with Crippen molar-refractivity contribution in [1.29, 1.82) is 0 Å². The number of pyridine rings is 1. The van der Waals surface area contributed by atoms with Gasteiger partial charge in [-0.15, -0.1) is 0 Å². The Labute approximate surface area is 126 Å². The largest absolute Gasteiger partial charge is 0.383 e. The maximum atomic E-state index is 5.43. The lowest BCUT2D eigenvalue weighted by Gasteiger charge is -2.32. The van der Waals surface area contributed by atoms with Crippen molar-refractivity contribution in [3.05, 3.63) is 65.5 Å². The number of nitrogens with zero attached hydrogens (tertiary/aromatic N) is 2. The lowest BCUT2D eigenvalue weighted by Crippen LogP contribution is -2.38. The quantitative estimate of drug-likeness (QED) is 0.843. The van der Waals surface area contributed by atoms with E-state index in [0.29, 0.717) is 12.6 Å². The normalized spacial score (nSPS) is 16.1. The Kier molecular flexibility index (Phi) is 4.32. The summed E-state index contributed by atoms with van der Waals surface area (Å²) in [7, 11) is 3.95. The van der Waals surface area contributed by atoms with Crippen LogP contribution in [0.5, 0.6) is 0 Å². The summed E-state index contributed by atoms with van der Waals surface area (Å²) in [4.78, 5) is 6.94. The van der Waals surface area contributed by atoms with Gasteiger partial charge in [-0.1, -0.05) is 30.3 Å². The third-order valence-corrected chi connectivity index (χ3v) is 4.45. The van der Waals surface area contributed by atoms with Gasteiger partial charge in [0.2, 0.25) is 0 Å². The molecule has 21 heavy (non-hydrogen) atoms. The topological polar surface area (TPSA) is 25.4 Å². The van der Waals surface area contributed by atoms with Crippen molar-refractivity contribution in [3.63, 3.8) is 0 Å². The summed E-state index contributed by atoms with van der Waals surface area (Å²) in [6, 6.07) is 15.6. The first kappa shape index (κ1) is 14.2. The number of benzene rings is 1. The summed E-state index contributed by atoms with van der Waals surface area (Å²) < 4.78 is 5.43. The Morgan fingerprint density at radius 3 is 2.38 bits per heavy atom. The van der Waals surface area contributed by atoms with Crippen molar-refractivity contribution in [2.45, 2.75) is 24.9 Å². The van der Waals surface area contributed by atoms with Gasteiger partial charge in [-0.25, -0.2) is 0 Å². The highest BCUT2D eigenvalue weighted by atomic mass is 16.5. The van der Waals surface area contributed by atoms with E-state index in [4.69, 9.17) is 4.74 Å². The Morgan fingerprint density at radius 2 is 1.81 bits per heavy atom. The zero-order valence-corrected chi connectivity index (χ0v) is 12.7. The van der Waals surface area contributed by atoms with Crippen molar-refractivity contribution in [2.24, 2.45) is 0 Å². The van der Waals surface area contributed by atoms with Crippen molar-refractivity contribution >= 4 is 0 Å². The van der Waals surface area contributed by atoms with Crippen LogP contribution in [0.15, 0.2) is 48.7 Å². The molecule has 0 amide bonds. The van der Waals surface area contributed by atoms with Crippen molar-refractivity contribution in [1.82, 2.24) is 9.88 Å². The second kappa shape index (κ2) is 6.37. The molecule has 1 aromatic carbocycles. The van der Waals surface area contributed by atoms with Gasteiger partial charge in [0.05, 0.1) is 18.3 Å². The minimum absolute atomic E-state index is 0.204. The molecule has 1 aliphatic rings. The third-order valence-electron chi connectivity index (χ3n) is 4.45. The Morgan fingerprint density at radius 1 is 1.14 bits per heavy atom. The average molecular weight is 282 g/mol. The van der Waals surface area contributed by atoms with Crippen LogP contribution in [0.3, 0.4) is 0 Å². The molecule has 0 bridgehead atoms. The van der Waals surface area contributed by atoms with Crippen molar-refractivity contribution < 1.29 is 4.74 Å². The van der Waals surface area contributed by atoms with E-state index in [1.807, 2.05) is 18.3 Å². The van der Waals surface area contributed by atoms with Gasteiger partial charge in [0.15, 0.2) is 0 Å². The van der Waals surface area contributed by atoms with Crippen LogP contribution in [0.25, 0.3) is 0 Å². The van der Waals surface area contributed by atoms with Crippen LogP contribution < -0.4 is 0 Å². The molecule has 3 heteroatoms. The highest BCUT2D eigenvalue weighted by Gasteiger charge is 2.29. The molecule has 0 aliphatic heterocycles. The van der Waals surface area contributed by atoms with E-state index in [9.17, 15) is 0 Å².